The van der Waals surface area contributed by atoms with Crippen LogP contribution in [0.2, 0.25) is 0 Å². The first-order chi connectivity index (χ1) is 13.5. The Kier molecular flexibility index (Phi) is 6.15. The van der Waals surface area contributed by atoms with E-state index in [0.717, 1.165) is 11.6 Å². The van der Waals surface area contributed by atoms with Gasteiger partial charge in [0.2, 0.25) is 5.89 Å². The molecule has 0 aliphatic rings. The van der Waals surface area contributed by atoms with E-state index in [9.17, 15) is 13.2 Å². The molecule has 2 aromatic carbocycles. The Bertz CT molecular complexity index is 898. The molecule has 0 amide bonds. The number of aromatic nitrogens is 2. The van der Waals surface area contributed by atoms with Crippen LogP contribution in [0.25, 0.3) is 0 Å². The second-order valence-electron chi connectivity index (χ2n) is 5.90. The van der Waals surface area contributed by atoms with Gasteiger partial charge in [0.25, 0.3) is 0 Å². The minimum absolute atomic E-state index is 0.0230. The molecule has 0 aliphatic carbocycles. The van der Waals surface area contributed by atoms with Crippen LogP contribution < -0.4 is 10.1 Å². The van der Waals surface area contributed by atoms with Crippen molar-refractivity contribution < 1.29 is 27.5 Å². The van der Waals surface area contributed by atoms with Gasteiger partial charge in [-0.3, -0.25) is 0 Å². The third kappa shape index (κ3) is 5.23. The number of aliphatic hydroxyl groups excluding tert-OH is 1. The number of nitrogens with zero attached hydrogens (tertiary/aromatic N) is 2. The van der Waals surface area contributed by atoms with Crippen molar-refractivity contribution in [2.24, 2.45) is 0 Å². The molecule has 0 aliphatic heterocycles. The Hall–Kier alpha value is -3.07. The molecule has 0 radical (unpaired) electrons. The van der Waals surface area contributed by atoms with E-state index in [-0.39, 0.29) is 37.1 Å². The summed E-state index contributed by atoms with van der Waals surface area (Å²) in [5.74, 6) is 0.654. The lowest BCUT2D eigenvalue weighted by atomic mass is 10.1. The molecule has 0 bridgehead atoms. The fraction of sp³-hybridized carbons (Fsp3) is 0.263. The number of aliphatic hydroxyl groups is 1. The maximum absolute atomic E-state index is 13.3. The molecule has 3 rings (SSSR count). The lowest BCUT2D eigenvalue weighted by Gasteiger charge is -2.15. The molecular formula is C19H18F3N3O3. The Morgan fingerprint density at radius 2 is 1.89 bits per heavy atom. The van der Waals surface area contributed by atoms with Crippen molar-refractivity contribution in [2.45, 2.75) is 19.1 Å². The van der Waals surface area contributed by atoms with Crippen molar-refractivity contribution in [1.82, 2.24) is 10.1 Å². The summed E-state index contributed by atoms with van der Waals surface area (Å²) in [7, 11) is 0. The Morgan fingerprint density at radius 1 is 1.11 bits per heavy atom. The molecule has 148 valence electrons. The Balaban J connectivity index is 1.68. The van der Waals surface area contributed by atoms with E-state index in [1.54, 1.807) is 0 Å². The highest BCUT2D eigenvalue weighted by Gasteiger charge is 2.34. The quantitative estimate of drug-likeness (QED) is 0.608. The first-order valence-electron chi connectivity index (χ1n) is 8.50. The molecular weight excluding hydrogens is 375 g/mol. The third-order valence-electron chi connectivity index (χ3n) is 3.80. The Morgan fingerprint density at radius 3 is 2.61 bits per heavy atom. The van der Waals surface area contributed by atoms with Gasteiger partial charge in [-0.2, -0.15) is 18.2 Å². The number of hydrogen-bond donors (Lipinski definition) is 2. The summed E-state index contributed by atoms with van der Waals surface area (Å²) in [4.78, 5) is 4.20. The van der Waals surface area contributed by atoms with Crippen LogP contribution in [0, 0.1) is 0 Å². The van der Waals surface area contributed by atoms with Gasteiger partial charge in [0, 0.05) is 12.1 Å². The zero-order valence-corrected chi connectivity index (χ0v) is 14.7. The number of ether oxygens (including phenoxy) is 1. The van der Waals surface area contributed by atoms with Crippen molar-refractivity contribution in [2.75, 3.05) is 18.5 Å². The highest BCUT2D eigenvalue weighted by atomic mass is 19.4. The summed E-state index contributed by atoms with van der Waals surface area (Å²) >= 11 is 0. The number of benzene rings is 2. The fourth-order valence-electron chi connectivity index (χ4n) is 2.55. The number of anilines is 1. The molecule has 0 spiro atoms. The molecule has 0 saturated carbocycles. The van der Waals surface area contributed by atoms with Gasteiger partial charge in [-0.1, -0.05) is 35.5 Å². The first-order valence-corrected chi connectivity index (χ1v) is 8.50. The average Bonchev–Trinajstić information content (AvgIpc) is 3.12. The van der Waals surface area contributed by atoms with Gasteiger partial charge in [-0.15, -0.1) is 0 Å². The highest BCUT2D eigenvalue weighted by molar-refractivity contribution is 5.55. The molecule has 2 N–H and O–H groups in total. The number of hydrogen-bond acceptors (Lipinski definition) is 6. The smallest absolute Gasteiger partial charge is 0.418 e. The van der Waals surface area contributed by atoms with Crippen molar-refractivity contribution >= 4 is 5.69 Å². The van der Waals surface area contributed by atoms with Crippen LogP contribution in [-0.2, 0) is 19.1 Å². The molecule has 6 nitrogen and oxygen atoms in total. The minimum Gasteiger partial charge on any atom is -0.491 e. The first kappa shape index (κ1) is 19.7. The second-order valence-corrected chi connectivity index (χ2v) is 5.90. The molecule has 1 heterocycles. The van der Waals surface area contributed by atoms with Gasteiger partial charge < -0.3 is 19.7 Å². The minimum atomic E-state index is -4.58. The predicted molar refractivity (Wildman–Crippen MR) is 94.9 cm³/mol. The van der Waals surface area contributed by atoms with Gasteiger partial charge in [0.15, 0.2) is 5.82 Å². The molecule has 0 saturated heterocycles. The van der Waals surface area contributed by atoms with Crippen molar-refractivity contribution in [3.63, 3.8) is 0 Å². The molecule has 3 aromatic rings. The number of halogens is 3. The summed E-state index contributed by atoms with van der Waals surface area (Å²) < 4.78 is 50.1. The van der Waals surface area contributed by atoms with Gasteiger partial charge in [0.05, 0.1) is 18.7 Å². The van der Waals surface area contributed by atoms with E-state index in [2.05, 4.69) is 15.5 Å². The zero-order chi connectivity index (χ0) is 20.0. The molecule has 1 aromatic heterocycles. The van der Waals surface area contributed by atoms with Crippen molar-refractivity contribution in [3.8, 4) is 5.75 Å². The van der Waals surface area contributed by atoms with E-state index in [1.165, 1.54) is 12.1 Å². The van der Waals surface area contributed by atoms with Crippen LogP contribution in [0.15, 0.2) is 53.1 Å². The standard InChI is InChI=1S/C19H18F3N3O3/c20-19(21,22)15-11-14(27-9-8-26)6-7-16(15)23-12-18-24-17(25-28-18)10-13-4-2-1-3-5-13/h1-7,11,23,26H,8-10,12H2. The summed E-state index contributed by atoms with van der Waals surface area (Å²) in [5, 5.41) is 15.3. The van der Waals surface area contributed by atoms with E-state index >= 15 is 0 Å². The topological polar surface area (TPSA) is 80.4 Å². The van der Waals surface area contributed by atoms with Crippen LogP contribution in [0.3, 0.4) is 0 Å². The SMILES string of the molecule is OCCOc1ccc(NCc2nc(Cc3ccccc3)no2)c(C(F)(F)F)c1. The molecule has 0 atom stereocenters. The van der Waals surface area contributed by atoms with E-state index in [4.69, 9.17) is 14.4 Å². The third-order valence-corrected chi connectivity index (χ3v) is 3.80. The summed E-state index contributed by atoms with van der Waals surface area (Å²) in [5.41, 5.74) is -0.0146. The molecule has 28 heavy (non-hydrogen) atoms. The summed E-state index contributed by atoms with van der Waals surface area (Å²) in [6.45, 7) is -0.429. The van der Waals surface area contributed by atoms with Crippen LogP contribution in [0.4, 0.5) is 18.9 Å². The van der Waals surface area contributed by atoms with Crippen LogP contribution in [0.1, 0.15) is 22.8 Å². The van der Waals surface area contributed by atoms with E-state index < -0.39 is 11.7 Å². The largest absolute Gasteiger partial charge is 0.491 e. The second kappa shape index (κ2) is 8.75. The lowest BCUT2D eigenvalue weighted by molar-refractivity contribution is -0.137. The van der Waals surface area contributed by atoms with Crippen LogP contribution >= 0.6 is 0 Å². The van der Waals surface area contributed by atoms with Crippen LogP contribution in [-0.4, -0.2) is 28.5 Å². The normalized spacial score (nSPS) is 11.4. The Labute approximate surface area is 159 Å². The monoisotopic (exact) mass is 393 g/mol. The summed E-state index contributed by atoms with van der Waals surface area (Å²) in [6.07, 6.45) is -4.11. The van der Waals surface area contributed by atoms with E-state index in [0.29, 0.717) is 12.2 Å². The average molecular weight is 393 g/mol. The highest BCUT2D eigenvalue weighted by Crippen LogP contribution is 2.37. The number of nitrogens with one attached hydrogen (secondary N) is 1. The van der Waals surface area contributed by atoms with Crippen molar-refractivity contribution in [3.05, 3.63) is 71.4 Å². The van der Waals surface area contributed by atoms with Gasteiger partial charge in [0.1, 0.15) is 12.4 Å². The molecule has 0 unspecified atom stereocenters. The molecule has 9 heteroatoms. The fourth-order valence-corrected chi connectivity index (χ4v) is 2.55. The van der Waals surface area contributed by atoms with Gasteiger partial charge in [-0.05, 0) is 23.8 Å². The maximum atomic E-state index is 13.3. The van der Waals surface area contributed by atoms with Crippen molar-refractivity contribution in [1.29, 1.82) is 0 Å². The predicted octanol–water partition coefficient (Wildman–Crippen LogP) is 3.66. The summed E-state index contributed by atoms with van der Waals surface area (Å²) in [6, 6.07) is 13.1. The number of rotatable bonds is 8. The molecule has 0 fully saturated rings. The number of alkyl halides is 3. The van der Waals surface area contributed by atoms with Gasteiger partial charge >= 0.3 is 6.18 Å². The van der Waals surface area contributed by atoms with Gasteiger partial charge in [-0.25, -0.2) is 0 Å². The maximum Gasteiger partial charge on any atom is 0.418 e. The zero-order valence-electron chi connectivity index (χ0n) is 14.7. The van der Waals surface area contributed by atoms with Crippen LogP contribution in [0.5, 0.6) is 5.75 Å². The van der Waals surface area contributed by atoms with E-state index in [1.807, 2.05) is 30.3 Å². The lowest BCUT2D eigenvalue weighted by Crippen LogP contribution is -2.12.